The van der Waals surface area contributed by atoms with Gasteiger partial charge < -0.3 is 4.74 Å². The van der Waals surface area contributed by atoms with Crippen LogP contribution >= 0.6 is 0 Å². The molecular formula is C16H30O3. The van der Waals surface area contributed by atoms with Crippen molar-refractivity contribution in [2.75, 3.05) is 0 Å². The summed E-state index contributed by atoms with van der Waals surface area (Å²) in [7, 11) is 0. The van der Waals surface area contributed by atoms with Crippen LogP contribution in [0, 0.1) is 16.2 Å². The van der Waals surface area contributed by atoms with Crippen LogP contribution < -0.4 is 0 Å². The van der Waals surface area contributed by atoms with E-state index in [1.54, 1.807) is 13.8 Å². The molecule has 3 nitrogen and oxygen atoms in total. The fraction of sp³-hybridized carbons (Fsp3) is 0.875. The zero-order chi connectivity index (χ0) is 15.9. The molecule has 0 spiro atoms. The molecule has 0 fully saturated rings. The van der Waals surface area contributed by atoms with Crippen LogP contribution in [0.4, 0.5) is 0 Å². The van der Waals surface area contributed by atoms with Gasteiger partial charge in [-0.15, -0.1) is 0 Å². The molecule has 0 aliphatic heterocycles. The molecule has 0 radical (unpaired) electrons. The topological polar surface area (TPSA) is 43.4 Å². The Bertz CT molecular complexity index is 362. The first-order valence-corrected chi connectivity index (χ1v) is 6.82. The number of ketones is 1. The first kappa shape index (κ1) is 18.1. The molecule has 0 amide bonds. The van der Waals surface area contributed by atoms with Gasteiger partial charge in [0, 0.05) is 5.41 Å². The summed E-state index contributed by atoms with van der Waals surface area (Å²) in [5.74, 6) is -0.195. The molecule has 0 bridgehead atoms. The van der Waals surface area contributed by atoms with E-state index in [0.717, 1.165) is 0 Å². The summed E-state index contributed by atoms with van der Waals surface area (Å²) < 4.78 is 5.62. The molecule has 0 aliphatic rings. The minimum Gasteiger partial charge on any atom is -0.458 e. The Morgan fingerprint density at radius 2 is 1.05 bits per heavy atom. The van der Waals surface area contributed by atoms with Gasteiger partial charge in [-0.1, -0.05) is 20.8 Å². The highest BCUT2D eigenvalue weighted by Gasteiger charge is 2.50. The van der Waals surface area contributed by atoms with E-state index in [1.165, 1.54) is 0 Å². The van der Waals surface area contributed by atoms with E-state index in [9.17, 15) is 9.59 Å². The lowest BCUT2D eigenvalue weighted by Gasteiger charge is -2.43. The Hall–Kier alpha value is -0.860. The Morgan fingerprint density at radius 3 is 1.32 bits per heavy atom. The van der Waals surface area contributed by atoms with Crippen molar-refractivity contribution in [1.82, 2.24) is 0 Å². The Kier molecular flexibility index (Phi) is 4.69. The van der Waals surface area contributed by atoms with E-state index in [4.69, 9.17) is 4.74 Å². The smallest absolute Gasteiger partial charge is 0.311 e. The summed E-state index contributed by atoms with van der Waals surface area (Å²) in [4.78, 5) is 24.6. The molecule has 0 unspecified atom stereocenters. The van der Waals surface area contributed by atoms with Crippen LogP contribution in [0.2, 0.25) is 0 Å². The predicted octanol–water partition coefficient (Wildman–Crippen LogP) is 4.00. The summed E-state index contributed by atoms with van der Waals surface area (Å²) >= 11 is 0. The molecule has 0 rings (SSSR count). The SMILES string of the molecule is CC(C)(C)C(=O)OC(C)(C)C(C)(C)C(=O)C(C)(C)C. The highest BCUT2D eigenvalue weighted by Crippen LogP contribution is 2.41. The van der Waals surface area contributed by atoms with Crippen molar-refractivity contribution in [1.29, 1.82) is 0 Å². The van der Waals surface area contributed by atoms with E-state index in [2.05, 4.69) is 0 Å². The molecule has 0 aromatic rings. The first-order chi connectivity index (χ1) is 8.03. The van der Waals surface area contributed by atoms with Crippen LogP contribution in [0.15, 0.2) is 0 Å². The van der Waals surface area contributed by atoms with Gasteiger partial charge in [-0.25, -0.2) is 0 Å². The van der Waals surface area contributed by atoms with Gasteiger partial charge in [0.15, 0.2) is 0 Å². The van der Waals surface area contributed by atoms with Crippen LogP contribution in [0.3, 0.4) is 0 Å². The van der Waals surface area contributed by atoms with Gasteiger partial charge in [0.25, 0.3) is 0 Å². The third kappa shape index (κ3) is 4.05. The third-order valence-electron chi connectivity index (χ3n) is 3.71. The molecule has 0 saturated heterocycles. The summed E-state index contributed by atoms with van der Waals surface area (Å²) in [5.41, 5.74) is -2.62. The Morgan fingerprint density at radius 1 is 0.684 bits per heavy atom. The highest BCUT2D eigenvalue weighted by molar-refractivity contribution is 5.90. The quantitative estimate of drug-likeness (QED) is 0.728. The zero-order valence-corrected chi connectivity index (χ0v) is 14.2. The largest absolute Gasteiger partial charge is 0.458 e. The number of rotatable bonds is 3. The minimum atomic E-state index is -0.846. The lowest BCUT2D eigenvalue weighted by atomic mass is 9.66. The van der Waals surface area contributed by atoms with E-state index in [1.807, 2.05) is 55.4 Å². The standard InChI is InChI=1S/C16H30O3/c1-13(2,3)11(17)15(7,8)16(9,10)19-12(18)14(4,5)6/h1-10H3. The lowest BCUT2D eigenvalue weighted by molar-refractivity contribution is -0.182. The summed E-state index contributed by atoms with van der Waals surface area (Å²) in [6.45, 7) is 18.4. The molecule has 19 heavy (non-hydrogen) atoms. The zero-order valence-electron chi connectivity index (χ0n) is 14.2. The lowest BCUT2D eigenvalue weighted by Crippen LogP contribution is -2.52. The molecule has 0 aromatic heterocycles. The molecule has 0 aliphatic carbocycles. The average Bonchev–Trinajstić information content (AvgIpc) is 2.12. The second-order valence-electron chi connectivity index (χ2n) is 8.35. The van der Waals surface area contributed by atoms with Crippen LogP contribution in [0.1, 0.15) is 69.2 Å². The van der Waals surface area contributed by atoms with Crippen molar-refractivity contribution in [2.24, 2.45) is 16.2 Å². The Labute approximate surface area is 118 Å². The Balaban J connectivity index is 5.31. The maximum absolute atomic E-state index is 12.6. The van der Waals surface area contributed by atoms with Gasteiger partial charge in [0.05, 0.1) is 10.8 Å². The van der Waals surface area contributed by atoms with Crippen molar-refractivity contribution in [2.45, 2.75) is 74.8 Å². The molecule has 0 heterocycles. The van der Waals surface area contributed by atoms with Gasteiger partial charge in [-0.2, -0.15) is 0 Å². The third-order valence-corrected chi connectivity index (χ3v) is 3.71. The summed E-state index contributed by atoms with van der Waals surface area (Å²) in [6, 6.07) is 0. The van der Waals surface area contributed by atoms with Crippen LogP contribution in [0.25, 0.3) is 0 Å². The number of ether oxygens (including phenoxy) is 1. The second-order valence-corrected chi connectivity index (χ2v) is 8.35. The molecular weight excluding hydrogens is 240 g/mol. The molecule has 3 heteroatoms. The summed E-state index contributed by atoms with van der Waals surface area (Å²) in [5, 5.41) is 0. The van der Waals surface area contributed by atoms with E-state index in [0.29, 0.717) is 0 Å². The van der Waals surface area contributed by atoms with Crippen molar-refractivity contribution in [3.05, 3.63) is 0 Å². The monoisotopic (exact) mass is 270 g/mol. The maximum atomic E-state index is 12.6. The summed E-state index contributed by atoms with van der Waals surface area (Å²) in [6.07, 6.45) is 0. The fourth-order valence-corrected chi connectivity index (χ4v) is 1.72. The van der Waals surface area contributed by atoms with Gasteiger partial charge >= 0.3 is 5.97 Å². The number of esters is 1. The molecule has 112 valence electrons. The van der Waals surface area contributed by atoms with E-state index < -0.39 is 21.8 Å². The number of Topliss-reactive ketones (excluding diaryl/α,β-unsaturated/α-hetero) is 1. The first-order valence-electron chi connectivity index (χ1n) is 6.82. The van der Waals surface area contributed by atoms with Gasteiger partial charge in [-0.05, 0) is 48.5 Å². The van der Waals surface area contributed by atoms with Gasteiger partial charge in [-0.3, -0.25) is 9.59 Å². The molecule has 0 N–H and O–H groups in total. The number of hydrogen-bond donors (Lipinski definition) is 0. The number of carbonyl (C=O) groups excluding carboxylic acids is 2. The second kappa shape index (κ2) is 4.92. The molecule has 0 aromatic carbocycles. The normalized spacial score (nSPS) is 14.2. The average molecular weight is 270 g/mol. The van der Waals surface area contributed by atoms with E-state index >= 15 is 0 Å². The van der Waals surface area contributed by atoms with Crippen LogP contribution in [-0.4, -0.2) is 17.4 Å². The van der Waals surface area contributed by atoms with Crippen LogP contribution in [0.5, 0.6) is 0 Å². The molecule has 0 saturated carbocycles. The van der Waals surface area contributed by atoms with Crippen molar-refractivity contribution < 1.29 is 14.3 Å². The number of carbonyl (C=O) groups is 2. The van der Waals surface area contributed by atoms with Gasteiger partial charge in [0.2, 0.25) is 0 Å². The minimum absolute atomic E-state index is 0.0895. The van der Waals surface area contributed by atoms with Crippen molar-refractivity contribution in [3.8, 4) is 0 Å². The van der Waals surface area contributed by atoms with Gasteiger partial charge in [0.1, 0.15) is 11.4 Å². The molecule has 0 atom stereocenters. The fourth-order valence-electron chi connectivity index (χ4n) is 1.72. The maximum Gasteiger partial charge on any atom is 0.311 e. The van der Waals surface area contributed by atoms with E-state index in [-0.39, 0.29) is 11.8 Å². The van der Waals surface area contributed by atoms with Crippen molar-refractivity contribution in [3.63, 3.8) is 0 Å². The number of hydrogen-bond acceptors (Lipinski definition) is 3. The van der Waals surface area contributed by atoms with Crippen LogP contribution in [-0.2, 0) is 14.3 Å². The highest BCUT2D eigenvalue weighted by atomic mass is 16.6. The van der Waals surface area contributed by atoms with Crippen molar-refractivity contribution >= 4 is 11.8 Å². The predicted molar refractivity (Wildman–Crippen MR) is 77.9 cm³/mol.